The summed E-state index contributed by atoms with van der Waals surface area (Å²) in [6, 6.07) is 4.53. The van der Waals surface area contributed by atoms with E-state index >= 15 is 0 Å². The molecule has 2 rings (SSSR count). The molecule has 0 aromatic carbocycles. The molecule has 17 heavy (non-hydrogen) atoms. The van der Waals surface area contributed by atoms with E-state index in [0.29, 0.717) is 6.04 Å². The van der Waals surface area contributed by atoms with Gasteiger partial charge in [-0.1, -0.05) is 0 Å². The molecule has 94 valence electrons. The Bertz CT molecular complexity index is 343. The smallest absolute Gasteiger partial charge is 0.0819 e. The van der Waals surface area contributed by atoms with Gasteiger partial charge in [0.2, 0.25) is 0 Å². The van der Waals surface area contributed by atoms with Gasteiger partial charge in [0, 0.05) is 38.9 Å². The highest BCUT2D eigenvalue weighted by molar-refractivity contribution is 5.51. The summed E-state index contributed by atoms with van der Waals surface area (Å²) in [5.41, 5.74) is 2.43. The molecule has 4 nitrogen and oxygen atoms in total. The molecule has 1 aliphatic heterocycles. The van der Waals surface area contributed by atoms with Crippen LogP contribution in [0.2, 0.25) is 0 Å². The molecule has 0 aliphatic carbocycles. The summed E-state index contributed by atoms with van der Waals surface area (Å²) in [5, 5.41) is 6.94. The molecule has 1 aliphatic rings. The molecule has 0 amide bonds. The zero-order valence-corrected chi connectivity index (χ0v) is 10.7. The largest absolute Gasteiger partial charge is 0.371 e. The fourth-order valence-corrected chi connectivity index (χ4v) is 2.36. The van der Waals surface area contributed by atoms with Crippen LogP contribution in [0.1, 0.15) is 25.6 Å². The van der Waals surface area contributed by atoms with Crippen molar-refractivity contribution in [2.24, 2.45) is 0 Å². The minimum atomic E-state index is 0.334. The Hall–Kier alpha value is -1.13. The lowest BCUT2D eigenvalue weighted by molar-refractivity contribution is 0.423. The topological polar surface area (TPSA) is 40.2 Å². The molecular formula is C13H22N4. The van der Waals surface area contributed by atoms with Gasteiger partial charge in [0.15, 0.2) is 0 Å². The highest BCUT2D eigenvalue weighted by Crippen LogP contribution is 2.24. The molecule has 1 aromatic rings. The molecule has 1 unspecified atom stereocenters. The minimum absolute atomic E-state index is 0.334. The zero-order chi connectivity index (χ0) is 12.1. The summed E-state index contributed by atoms with van der Waals surface area (Å²) in [7, 11) is 0. The van der Waals surface area contributed by atoms with Crippen molar-refractivity contribution in [2.75, 3.05) is 37.6 Å². The summed E-state index contributed by atoms with van der Waals surface area (Å²) >= 11 is 0. The van der Waals surface area contributed by atoms with Crippen LogP contribution in [0.25, 0.3) is 0 Å². The lowest BCUT2D eigenvalue weighted by Crippen LogP contribution is -2.43. The lowest BCUT2D eigenvalue weighted by atomic mass is 10.1. The number of piperazine rings is 1. The van der Waals surface area contributed by atoms with Crippen LogP contribution in [0.15, 0.2) is 18.3 Å². The number of hydrogen-bond donors (Lipinski definition) is 2. The van der Waals surface area contributed by atoms with Crippen LogP contribution in [0, 0.1) is 0 Å². The summed E-state index contributed by atoms with van der Waals surface area (Å²) in [6.07, 6.45) is 1.89. The monoisotopic (exact) mass is 234 g/mol. The van der Waals surface area contributed by atoms with Crippen LogP contribution in [0.3, 0.4) is 0 Å². The van der Waals surface area contributed by atoms with Crippen molar-refractivity contribution in [3.8, 4) is 0 Å². The van der Waals surface area contributed by atoms with Crippen LogP contribution in [0.4, 0.5) is 5.69 Å². The van der Waals surface area contributed by atoms with Gasteiger partial charge in [0.05, 0.1) is 17.4 Å². The first-order chi connectivity index (χ1) is 8.36. The third-order valence-corrected chi connectivity index (χ3v) is 3.29. The van der Waals surface area contributed by atoms with Gasteiger partial charge in [0.1, 0.15) is 0 Å². The predicted octanol–water partition coefficient (Wildman–Crippen LogP) is 1.16. The Kier molecular flexibility index (Phi) is 4.34. The van der Waals surface area contributed by atoms with E-state index in [1.54, 1.807) is 0 Å². The van der Waals surface area contributed by atoms with Gasteiger partial charge in [0.25, 0.3) is 0 Å². The number of pyridine rings is 1. The Morgan fingerprint density at radius 2 is 2.18 bits per heavy atom. The van der Waals surface area contributed by atoms with E-state index in [-0.39, 0.29) is 0 Å². The van der Waals surface area contributed by atoms with E-state index < -0.39 is 0 Å². The second-order valence-electron chi connectivity index (χ2n) is 4.29. The zero-order valence-electron chi connectivity index (χ0n) is 10.7. The lowest BCUT2D eigenvalue weighted by Gasteiger charge is -2.29. The number of aromatic nitrogens is 1. The summed E-state index contributed by atoms with van der Waals surface area (Å²) in [5.74, 6) is 0. The number of nitrogens with one attached hydrogen (secondary N) is 2. The molecule has 2 heterocycles. The molecule has 1 saturated heterocycles. The Balaban J connectivity index is 2.25. The SMILES string of the molecule is CCN(CC)c1cccnc1C1CNCCN1. The first-order valence-corrected chi connectivity index (χ1v) is 6.50. The van der Waals surface area contributed by atoms with E-state index in [1.807, 2.05) is 12.3 Å². The predicted molar refractivity (Wildman–Crippen MR) is 71.4 cm³/mol. The van der Waals surface area contributed by atoms with Crippen molar-refractivity contribution in [3.05, 3.63) is 24.0 Å². The van der Waals surface area contributed by atoms with Gasteiger partial charge in [-0.05, 0) is 26.0 Å². The van der Waals surface area contributed by atoms with Crippen molar-refractivity contribution < 1.29 is 0 Å². The minimum Gasteiger partial charge on any atom is -0.371 e. The fraction of sp³-hybridized carbons (Fsp3) is 0.615. The fourth-order valence-electron chi connectivity index (χ4n) is 2.36. The maximum Gasteiger partial charge on any atom is 0.0819 e. The first-order valence-electron chi connectivity index (χ1n) is 6.50. The molecule has 1 fully saturated rings. The van der Waals surface area contributed by atoms with Gasteiger partial charge in [-0.15, -0.1) is 0 Å². The van der Waals surface area contributed by atoms with Crippen molar-refractivity contribution in [3.63, 3.8) is 0 Å². The highest BCUT2D eigenvalue weighted by Gasteiger charge is 2.20. The summed E-state index contributed by atoms with van der Waals surface area (Å²) in [4.78, 5) is 6.93. The Morgan fingerprint density at radius 3 is 2.82 bits per heavy atom. The maximum absolute atomic E-state index is 4.58. The molecule has 0 spiro atoms. The third-order valence-electron chi connectivity index (χ3n) is 3.29. The van der Waals surface area contributed by atoms with Crippen LogP contribution in [-0.4, -0.2) is 37.7 Å². The molecular weight excluding hydrogens is 212 g/mol. The number of hydrogen-bond acceptors (Lipinski definition) is 4. The molecule has 1 aromatic heterocycles. The quantitative estimate of drug-likeness (QED) is 0.820. The molecule has 0 saturated carbocycles. The van der Waals surface area contributed by atoms with E-state index in [0.717, 1.165) is 32.7 Å². The average molecular weight is 234 g/mol. The maximum atomic E-state index is 4.58. The molecule has 4 heteroatoms. The van der Waals surface area contributed by atoms with Crippen molar-refractivity contribution in [1.29, 1.82) is 0 Å². The standard InChI is InChI=1S/C13H22N4/c1-3-17(4-2)12-6-5-7-16-13(12)11-10-14-8-9-15-11/h5-7,11,14-15H,3-4,8-10H2,1-2H3. The number of anilines is 1. The van der Waals surface area contributed by atoms with Crippen molar-refractivity contribution in [1.82, 2.24) is 15.6 Å². The number of nitrogens with zero attached hydrogens (tertiary/aromatic N) is 2. The summed E-state index contributed by atoms with van der Waals surface area (Å²) < 4.78 is 0. The van der Waals surface area contributed by atoms with Crippen LogP contribution >= 0.6 is 0 Å². The Morgan fingerprint density at radius 1 is 1.35 bits per heavy atom. The van der Waals surface area contributed by atoms with E-state index in [2.05, 4.69) is 40.4 Å². The van der Waals surface area contributed by atoms with Gasteiger partial charge in [-0.3, -0.25) is 4.98 Å². The van der Waals surface area contributed by atoms with Crippen LogP contribution < -0.4 is 15.5 Å². The molecule has 1 atom stereocenters. The first kappa shape index (κ1) is 12.3. The van der Waals surface area contributed by atoms with E-state index in [1.165, 1.54) is 11.4 Å². The Labute approximate surface area is 103 Å². The summed E-state index contributed by atoms with van der Waals surface area (Å²) in [6.45, 7) is 9.44. The normalized spacial score (nSPS) is 20.2. The molecule has 0 radical (unpaired) electrons. The van der Waals surface area contributed by atoms with Crippen LogP contribution in [-0.2, 0) is 0 Å². The average Bonchev–Trinajstić information content (AvgIpc) is 2.42. The highest BCUT2D eigenvalue weighted by atomic mass is 15.1. The van der Waals surface area contributed by atoms with Crippen molar-refractivity contribution in [2.45, 2.75) is 19.9 Å². The third kappa shape index (κ3) is 2.76. The van der Waals surface area contributed by atoms with Gasteiger partial charge in [-0.2, -0.15) is 0 Å². The molecule has 0 bridgehead atoms. The second kappa shape index (κ2) is 5.98. The number of rotatable bonds is 4. The van der Waals surface area contributed by atoms with Gasteiger partial charge >= 0.3 is 0 Å². The van der Waals surface area contributed by atoms with Gasteiger partial charge in [-0.25, -0.2) is 0 Å². The molecule has 2 N–H and O–H groups in total. The van der Waals surface area contributed by atoms with Gasteiger partial charge < -0.3 is 15.5 Å². The van der Waals surface area contributed by atoms with E-state index in [9.17, 15) is 0 Å². The second-order valence-corrected chi connectivity index (χ2v) is 4.29. The van der Waals surface area contributed by atoms with Crippen molar-refractivity contribution >= 4 is 5.69 Å². The van der Waals surface area contributed by atoms with Crippen LogP contribution in [0.5, 0.6) is 0 Å². The van der Waals surface area contributed by atoms with E-state index in [4.69, 9.17) is 0 Å².